The van der Waals surface area contributed by atoms with E-state index in [9.17, 15) is 8.96 Å². The van der Waals surface area contributed by atoms with E-state index in [2.05, 4.69) is 0 Å². The molecule has 2 atom stereocenters. The van der Waals surface area contributed by atoms with E-state index < -0.39 is 32.6 Å². The van der Waals surface area contributed by atoms with Crippen molar-refractivity contribution in [3.8, 4) is 0 Å². The van der Waals surface area contributed by atoms with Crippen LogP contribution in [0.5, 0.6) is 0 Å². The van der Waals surface area contributed by atoms with Crippen LogP contribution in [0.1, 0.15) is 20.3 Å². The van der Waals surface area contributed by atoms with Gasteiger partial charge in [0.25, 0.3) is 0 Å². The Morgan fingerprint density at radius 3 is 2.13 bits per heavy atom. The summed E-state index contributed by atoms with van der Waals surface area (Å²) < 4.78 is 34.7. The third kappa shape index (κ3) is 5.04. The predicted molar refractivity (Wildman–Crippen MR) is 53.5 cm³/mol. The van der Waals surface area contributed by atoms with Crippen LogP contribution in [-0.2, 0) is 13.6 Å². The van der Waals surface area contributed by atoms with Crippen molar-refractivity contribution >= 4 is 7.60 Å². The van der Waals surface area contributed by atoms with Crippen molar-refractivity contribution in [2.75, 3.05) is 19.8 Å². The number of halogens is 1. The average Bonchev–Trinajstić information content (AvgIpc) is 2.18. The summed E-state index contributed by atoms with van der Waals surface area (Å²) in [5, 5.41) is 17.5. The molecule has 0 aromatic carbocycles. The fourth-order valence-electron chi connectivity index (χ4n) is 0.987. The van der Waals surface area contributed by atoms with Crippen molar-refractivity contribution in [2.45, 2.75) is 32.3 Å². The highest BCUT2D eigenvalue weighted by Gasteiger charge is 2.37. The van der Waals surface area contributed by atoms with E-state index >= 15 is 0 Å². The zero-order valence-corrected chi connectivity index (χ0v) is 9.82. The Balaban J connectivity index is 4.40. The molecule has 0 aliphatic heterocycles. The topological polar surface area (TPSA) is 76.0 Å². The van der Waals surface area contributed by atoms with Gasteiger partial charge in [0, 0.05) is 6.42 Å². The average molecular weight is 244 g/mol. The first-order chi connectivity index (χ1) is 7.00. The predicted octanol–water partition coefficient (Wildman–Crippen LogP) is 1.29. The van der Waals surface area contributed by atoms with E-state index in [4.69, 9.17) is 19.3 Å². The second-order valence-corrected chi connectivity index (χ2v) is 5.04. The van der Waals surface area contributed by atoms with Crippen LogP contribution in [0.15, 0.2) is 0 Å². The summed E-state index contributed by atoms with van der Waals surface area (Å²) in [6.07, 6.45) is -1.72. The zero-order valence-electron chi connectivity index (χ0n) is 8.93. The van der Waals surface area contributed by atoms with E-state index in [1.165, 1.54) is 0 Å². The van der Waals surface area contributed by atoms with Gasteiger partial charge >= 0.3 is 7.60 Å². The molecule has 0 aliphatic carbocycles. The van der Waals surface area contributed by atoms with Gasteiger partial charge in [-0.25, -0.2) is 4.39 Å². The monoisotopic (exact) mass is 244 g/mol. The zero-order chi connectivity index (χ0) is 11.9. The lowest BCUT2D eigenvalue weighted by Crippen LogP contribution is -2.20. The third-order valence-electron chi connectivity index (χ3n) is 1.64. The molecule has 0 heterocycles. The van der Waals surface area contributed by atoms with Gasteiger partial charge in [0.2, 0.25) is 5.91 Å². The molecule has 15 heavy (non-hydrogen) atoms. The molecule has 0 saturated heterocycles. The Morgan fingerprint density at radius 1 is 1.33 bits per heavy atom. The van der Waals surface area contributed by atoms with E-state index in [0.717, 1.165) is 0 Å². The minimum absolute atomic E-state index is 0.0624. The van der Waals surface area contributed by atoms with Gasteiger partial charge < -0.3 is 19.3 Å². The number of aliphatic hydroxyl groups is 2. The van der Waals surface area contributed by atoms with Gasteiger partial charge in [-0.3, -0.25) is 4.57 Å². The number of hydrogen-bond donors (Lipinski definition) is 2. The molecule has 0 bridgehead atoms. The van der Waals surface area contributed by atoms with E-state index in [-0.39, 0.29) is 13.2 Å². The van der Waals surface area contributed by atoms with Crippen molar-refractivity contribution in [1.29, 1.82) is 0 Å². The van der Waals surface area contributed by atoms with Gasteiger partial charge in [-0.05, 0) is 13.8 Å². The Bertz CT molecular complexity index is 203. The van der Waals surface area contributed by atoms with Gasteiger partial charge in [-0.2, -0.15) is 0 Å². The summed E-state index contributed by atoms with van der Waals surface area (Å²) in [5.41, 5.74) is 0. The molecule has 0 rings (SSSR count). The molecule has 0 aromatic rings. The Hall–Kier alpha value is -0.0000000000000000139. The molecular formula is C8H18FO5P. The van der Waals surface area contributed by atoms with Crippen LogP contribution in [0, 0.1) is 0 Å². The van der Waals surface area contributed by atoms with Crippen molar-refractivity contribution in [3.05, 3.63) is 0 Å². The third-order valence-corrected chi connectivity index (χ3v) is 3.77. The molecular weight excluding hydrogens is 226 g/mol. The maximum absolute atomic E-state index is 13.5. The molecule has 0 aromatic heterocycles. The number of hydrogen-bond acceptors (Lipinski definition) is 5. The van der Waals surface area contributed by atoms with Crippen LogP contribution in [0.3, 0.4) is 0 Å². The van der Waals surface area contributed by atoms with Crippen molar-refractivity contribution in [1.82, 2.24) is 0 Å². The van der Waals surface area contributed by atoms with E-state index in [1.54, 1.807) is 13.8 Å². The Labute approximate surface area is 88.7 Å². The lowest BCUT2D eigenvalue weighted by Gasteiger charge is -2.21. The standard InChI is InChI=1S/C8H18FO5P/c1-3-13-15(12,14-4-2)8(9)5-7(11)6-10/h7-8,10-11H,3-6H2,1-2H3/t7-,8?/m1/s1. The summed E-state index contributed by atoms with van der Waals surface area (Å²) >= 11 is 0. The first-order valence-corrected chi connectivity index (χ1v) is 6.43. The Morgan fingerprint density at radius 2 is 1.80 bits per heavy atom. The molecule has 2 N–H and O–H groups in total. The molecule has 7 heteroatoms. The maximum atomic E-state index is 13.5. The summed E-state index contributed by atoms with van der Waals surface area (Å²) in [7, 11) is -3.82. The van der Waals surface area contributed by atoms with Crippen LogP contribution >= 0.6 is 7.60 Å². The molecule has 0 aliphatic rings. The number of rotatable bonds is 8. The highest BCUT2D eigenvalue weighted by atomic mass is 31.2. The van der Waals surface area contributed by atoms with Gasteiger partial charge in [0.15, 0.2) is 0 Å². The summed E-state index contributed by atoms with van der Waals surface area (Å²) in [6, 6.07) is 0. The summed E-state index contributed by atoms with van der Waals surface area (Å²) in [5.74, 6) is -1.92. The first kappa shape index (κ1) is 15.0. The maximum Gasteiger partial charge on any atom is 0.364 e. The lowest BCUT2D eigenvalue weighted by molar-refractivity contribution is 0.0701. The van der Waals surface area contributed by atoms with Crippen LogP contribution < -0.4 is 0 Å². The normalized spacial score (nSPS) is 16.3. The summed E-state index contributed by atoms with van der Waals surface area (Å²) in [6.45, 7) is 2.68. The van der Waals surface area contributed by atoms with Crippen LogP contribution in [0.4, 0.5) is 4.39 Å². The molecule has 1 unspecified atom stereocenters. The van der Waals surface area contributed by atoms with E-state index in [0.29, 0.717) is 0 Å². The molecule has 0 fully saturated rings. The molecule has 0 saturated carbocycles. The van der Waals surface area contributed by atoms with Crippen molar-refractivity contribution in [3.63, 3.8) is 0 Å². The van der Waals surface area contributed by atoms with Crippen molar-refractivity contribution < 1.29 is 28.2 Å². The van der Waals surface area contributed by atoms with Crippen LogP contribution in [0.25, 0.3) is 0 Å². The fourth-order valence-corrected chi connectivity index (χ4v) is 2.61. The van der Waals surface area contributed by atoms with Gasteiger partial charge in [0.05, 0.1) is 25.9 Å². The van der Waals surface area contributed by atoms with Crippen molar-refractivity contribution in [2.24, 2.45) is 0 Å². The van der Waals surface area contributed by atoms with Gasteiger partial charge in [-0.15, -0.1) is 0 Å². The molecule has 0 spiro atoms. The second-order valence-electron chi connectivity index (χ2n) is 2.88. The first-order valence-electron chi connectivity index (χ1n) is 4.81. The minimum atomic E-state index is -3.82. The molecule has 0 amide bonds. The summed E-state index contributed by atoms with van der Waals surface area (Å²) in [4.78, 5) is 0. The smallest absolute Gasteiger partial charge is 0.364 e. The number of aliphatic hydroxyl groups excluding tert-OH is 2. The van der Waals surface area contributed by atoms with Crippen LogP contribution in [-0.4, -0.2) is 42.1 Å². The quantitative estimate of drug-likeness (QED) is 0.629. The fraction of sp³-hybridized carbons (Fsp3) is 1.00. The number of alkyl halides is 1. The highest BCUT2D eigenvalue weighted by Crippen LogP contribution is 2.55. The molecule has 5 nitrogen and oxygen atoms in total. The Kier molecular flexibility index (Phi) is 7.30. The van der Waals surface area contributed by atoms with Gasteiger partial charge in [-0.1, -0.05) is 0 Å². The van der Waals surface area contributed by atoms with Crippen LogP contribution in [0.2, 0.25) is 0 Å². The van der Waals surface area contributed by atoms with E-state index in [1.807, 2.05) is 0 Å². The molecule has 0 radical (unpaired) electrons. The lowest BCUT2D eigenvalue weighted by atomic mass is 10.3. The largest absolute Gasteiger partial charge is 0.394 e. The molecule has 92 valence electrons. The SMILES string of the molecule is CCOP(=O)(OCC)C(F)C[C@@H](O)CO. The highest BCUT2D eigenvalue weighted by molar-refractivity contribution is 7.54. The second kappa shape index (κ2) is 7.30. The minimum Gasteiger partial charge on any atom is -0.394 e. The van der Waals surface area contributed by atoms with Gasteiger partial charge in [0.1, 0.15) is 0 Å².